The first-order valence-corrected chi connectivity index (χ1v) is 9.08. The molecule has 0 aromatic heterocycles. The van der Waals surface area contributed by atoms with Crippen LogP contribution in [0.1, 0.15) is 29.7 Å². The van der Waals surface area contributed by atoms with Crippen LogP contribution in [0, 0.1) is 0 Å². The van der Waals surface area contributed by atoms with E-state index in [1.807, 2.05) is 66.7 Å². The minimum atomic E-state index is -0.358. The predicted octanol–water partition coefficient (Wildman–Crippen LogP) is 4.97. The summed E-state index contributed by atoms with van der Waals surface area (Å²) in [7, 11) is 0. The molecule has 0 unspecified atom stereocenters. The van der Waals surface area contributed by atoms with E-state index >= 15 is 0 Å². The highest BCUT2D eigenvalue weighted by atomic mass is 16.5. The zero-order chi connectivity index (χ0) is 18.9. The van der Waals surface area contributed by atoms with Gasteiger partial charge in [0.1, 0.15) is 0 Å². The molecule has 0 spiro atoms. The van der Waals surface area contributed by atoms with E-state index in [1.54, 1.807) is 6.92 Å². The molecule has 3 rings (SSSR count). The molecule has 3 heteroatoms. The second-order valence-corrected chi connectivity index (χ2v) is 6.07. The van der Waals surface area contributed by atoms with Gasteiger partial charge in [-0.2, -0.15) is 0 Å². The first-order valence-electron chi connectivity index (χ1n) is 9.08. The summed E-state index contributed by atoms with van der Waals surface area (Å²) in [5.41, 5.74) is 3.90. The van der Waals surface area contributed by atoms with E-state index in [-0.39, 0.29) is 12.0 Å². The number of ether oxygens (including phenoxy) is 1. The molecule has 3 aromatic carbocycles. The first-order chi connectivity index (χ1) is 13.3. The van der Waals surface area contributed by atoms with Crippen molar-refractivity contribution in [2.24, 2.45) is 0 Å². The Morgan fingerprint density at radius 3 is 1.81 bits per heavy atom. The number of carbonyl (C=O) groups is 1. The Morgan fingerprint density at radius 2 is 1.33 bits per heavy atom. The summed E-state index contributed by atoms with van der Waals surface area (Å²) in [6.07, 6.45) is 1.53. The number of carbonyl (C=O) groups excluding carboxylic acids is 1. The number of benzene rings is 3. The van der Waals surface area contributed by atoms with E-state index in [2.05, 4.69) is 29.6 Å². The number of rotatable bonds is 7. The Hall–Kier alpha value is -3.33. The molecule has 0 aliphatic carbocycles. The Bertz CT molecular complexity index is 835. The zero-order valence-corrected chi connectivity index (χ0v) is 15.3. The first kappa shape index (κ1) is 18.5. The highest BCUT2D eigenvalue weighted by molar-refractivity contribution is 5.91. The van der Waals surface area contributed by atoms with E-state index < -0.39 is 0 Å². The van der Waals surface area contributed by atoms with Crippen molar-refractivity contribution < 1.29 is 9.53 Å². The molecule has 3 aromatic rings. The van der Waals surface area contributed by atoms with Crippen LogP contribution in [0.15, 0.2) is 97.1 Å². The fraction of sp³-hybridized carbons (Fsp3) is 0.125. The van der Waals surface area contributed by atoms with Gasteiger partial charge in [-0.05, 0) is 23.6 Å². The third-order valence-corrected chi connectivity index (χ3v) is 4.20. The number of hydrogen-bond acceptors (Lipinski definition) is 3. The van der Waals surface area contributed by atoms with E-state index in [0.29, 0.717) is 6.61 Å². The van der Waals surface area contributed by atoms with Gasteiger partial charge in [-0.3, -0.25) is 0 Å². The average molecular weight is 357 g/mol. The van der Waals surface area contributed by atoms with Gasteiger partial charge in [0.2, 0.25) is 0 Å². The van der Waals surface area contributed by atoms with Gasteiger partial charge in [0.05, 0.1) is 12.6 Å². The van der Waals surface area contributed by atoms with Gasteiger partial charge in [-0.25, -0.2) is 4.79 Å². The lowest BCUT2D eigenvalue weighted by atomic mass is 9.97. The Balaban J connectivity index is 2.01. The Labute approximate surface area is 160 Å². The van der Waals surface area contributed by atoms with E-state index in [9.17, 15) is 4.79 Å². The van der Waals surface area contributed by atoms with Crippen molar-refractivity contribution in [2.75, 3.05) is 6.61 Å². The molecule has 0 aliphatic heterocycles. The van der Waals surface area contributed by atoms with Crippen LogP contribution in [0.4, 0.5) is 0 Å². The molecular weight excluding hydrogens is 334 g/mol. The molecular formula is C24H23NO2. The van der Waals surface area contributed by atoms with E-state index in [4.69, 9.17) is 4.74 Å². The molecule has 3 nitrogen and oxygen atoms in total. The second-order valence-electron chi connectivity index (χ2n) is 6.07. The third-order valence-electron chi connectivity index (χ3n) is 4.20. The lowest BCUT2D eigenvalue weighted by Crippen LogP contribution is -2.22. The van der Waals surface area contributed by atoms with Crippen molar-refractivity contribution in [3.05, 3.63) is 114 Å². The van der Waals surface area contributed by atoms with Gasteiger partial charge >= 0.3 is 5.97 Å². The Morgan fingerprint density at radius 1 is 0.852 bits per heavy atom. The molecule has 0 radical (unpaired) electrons. The van der Waals surface area contributed by atoms with E-state index in [0.717, 1.165) is 22.4 Å². The lowest BCUT2D eigenvalue weighted by molar-refractivity contribution is -0.137. The summed E-state index contributed by atoms with van der Waals surface area (Å²) in [4.78, 5) is 12.1. The molecule has 0 atom stereocenters. The van der Waals surface area contributed by atoms with Crippen molar-refractivity contribution >= 4 is 11.7 Å². The van der Waals surface area contributed by atoms with Crippen LogP contribution in [0.25, 0.3) is 5.70 Å². The van der Waals surface area contributed by atoms with Gasteiger partial charge in [-0.15, -0.1) is 0 Å². The van der Waals surface area contributed by atoms with Crippen molar-refractivity contribution in [3.8, 4) is 0 Å². The van der Waals surface area contributed by atoms with Crippen molar-refractivity contribution in [1.29, 1.82) is 0 Å². The fourth-order valence-corrected chi connectivity index (χ4v) is 2.93. The van der Waals surface area contributed by atoms with Crippen molar-refractivity contribution in [2.45, 2.75) is 13.0 Å². The molecule has 0 aliphatic rings. The molecule has 0 bridgehead atoms. The second kappa shape index (κ2) is 9.39. The average Bonchev–Trinajstić information content (AvgIpc) is 2.73. The smallest absolute Gasteiger partial charge is 0.332 e. The molecule has 27 heavy (non-hydrogen) atoms. The quantitative estimate of drug-likeness (QED) is 0.479. The summed E-state index contributed by atoms with van der Waals surface area (Å²) in [5, 5.41) is 3.55. The minimum absolute atomic E-state index is 0.0896. The van der Waals surface area contributed by atoms with Crippen LogP contribution in [0.2, 0.25) is 0 Å². The molecule has 136 valence electrons. The normalized spacial score (nSPS) is 11.3. The largest absolute Gasteiger partial charge is 0.463 e. The lowest BCUT2D eigenvalue weighted by Gasteiger charge is -2.23. The number of esters is 1. The number of hydrogen-bond donors (Lipinski definition) is 1. The van der Waals surface area contributed by atoms with Gasteiger partial charge in [0.25, 0.3) is 0 Å². The maximum absolute atomic E-state index is 12.1. The molecule has 0 amide bonds. The monoisotopic (exact) mass is 357 g/mol. The van der Waals surface area contributed by atoms with Crippen LogP contribution >= 0.6 is 0 Å². The molecule has 0 fully saturated rings. The van der Waals surface area contributed by atoms with Crippen molar-refractivity contribution in [1.82, 2.24) is 5.32 Å². The maximum Gasteiger partial charge on any atom is 0.332 e. The topological polar surface area (TPSA) is 38.3 Å². The molecule has 0 saturated heterocycles. The standard InChI is InChI=1S/C24H23NO2/c1-2-27-23(26)18-22(19-12-6-3-7-13-19)25-24(20-14-8-4-9-15-20)21-16-10-5-11-17-21/h3-18,24-25H,2H2,1H3/b22-18+. The summed E-state index contributed by atoms with van der Waals surface area (Å²) in [6.45, 7) is 2.15. The van der Waals surface area contributed by atoms with Crippen LogP contribution in [0.3, 0.4) is 0 Å². The van der Waals surface area contributed by atoms with Crippen molar-refractivity contribution in [3.63, 3.8) is 0 Å². The molecule has 0 heterocycles. The highest BCUT2D eigenvalue weighted by Crippen LogP contribution is 2.25. The third kappa shape index (κ3) is 5.08. The van der Waals surface area contributed by atoms with Crippen LogP contribution in [-0.2, 0) is 9.53 Å². The van der Waals surface area contributed by atoms with Gasteiger partial charge in [0, 0.05) is 11.8 Å². The molecule has 1 N–H and O–H groups in total. The van der Waals surface area contributed by atoms with Crippen LogP contribution < -0.4 is 5.32 Å². The minimum Gasteiger partial charge on any atom is -0.463 e. The van der Waals surface area contributed by atoms with Crippen LogP contribution in [-0.4, -0.2) is 12.6 Å². The summed E-state index contributed by atoms with van der Waals surface area (Å²) in [5.74, 6) is -0.358. The summed E-state index contributed by atoms with van der Waals surface area (Å²) in [6, 6.07) is 30.1. The van der Waals surface area contributed by atoms with Crippen LogP contribution in [0.5, 0.6) is 0 Å². The van der Waals surface area contributed by atoms with E-state index in [1.165, 1.54) is 6.08 Å². The van der Waals surface area contributed by atoms with Gasteiger partial charge in [0.15, 0.2) is 0 Å². The molecule has 0 saturated carbocycles. The number of nitrogens with one attached hydrogen (secondary N) is 1. The fourth-order valence-electron chi connectivity index (χ4n) is 2.93. The maximum atomic E-state index is 12.1. The summed E-state index contributed by atoms with van der Waals surface area (Å²) < 4.78 is 5.13. The summed E-state index contributed by atoms with van der Waals surface area (Å²) >= 11 is 0. The highest BCUT2D eigenvalue weighted by Gasteiger charge is 2.16. The van der Waals surface area contributed by atoms with Gasteiger partial charge in [-0.1, -0.05) is 91.0 Å². The SMILES string of the molecule is CCOC(=O)/C=C(/NC(c1ccccc1)c1ccccc1)c1ccccc1. The Kier molecular flexibility index (Phi) is 6.42. The predicted molar refractivity (Wildman–Crippen MR) is 109 cm³/mol. The zero-order valence-electron chi connectivity index (χ0n) is 15.3. The van der Waals surface area contributed by atoms with Gasteiger partial charge < -0.3 is 10.1 Å².